The molecule has 0 radical (unpaired) electrons. The molecule has 9 rings (SSSR count). The van der Waals surface area contributed by atoms with Crippen LogP contribution in [0.3, 0.4) is 0 Å². The molecule has 4 heterocycles. The molecular formula is C35H20N6O. The number of nitrogens with zero attached hydrogens (tertiary/aromatic N) is 6. The van der Waals surface area contributed by atoms with Crippen LogP contribution in [0.5, 0.6) is 0 Å². The van der Waals surface area contributed by atoms with E-state index in [1.165, 1.54) is 0 Å². The van der Waals surface area contributed by atoms with Crippen molar-refractivity contribution in [2.45, 2.75) is 0 Å². The van der Waals surface area contributed by atoms with E-state index in [2.05, 4.69) is 38.8 Å². The molecule has 5 aromatic carbocycles. The van der Waals surface area contributed by atoms with Gasteiger partial charge in [-0.1, -0.05) is 84.9 Å². The number of para-hydroxylation sites is 1. The first-order valence-electron chi connectivity index (χ1n) is 13.7. The maximum atomic E-state index is 6.58. The molecule has 0 saturated heterocycles. The summed E-state index contributed by atoms with van der Waals surface area (Å²) in [4.78, 5) is 24.0. The highest BCUT2D eigenvalue weighted by molar-refractivity contribution is 6.26. The molecule has 0 N–H and O–H groups in total. The van der Waals surface area contributed by atoms with Crippen LogP contribution >= 0.6 is 0 Å². The highest BCUT2D eigenvalue weighted by Crippen LogP contribution is 2.42. The maximum absolute atomic E-state index is 6.58. The molecule has 0 bridgehead atoms. The van der Waals surface area contributed by atoms with E-state index in [-0.39, 0.29) is 0 Å². The summed E-state index contributed by atoms with van der Waals surface area (Å²) >= 11 is 0. The second-order valence-electron chi connectivity index (χ2n) is 10.2. The second kappa shape index (κ2) is 8.78. The Kier molecular flexibility index (Phi) is 4.77. The highest BCUT2D eigenvalue weighted by atomic mass is 16.3. The number of rotatable bonds is 3. The summed E-state index contributed by atoms with van der Waals surface area (Å²) in [7, 11) is 0. The number of furan rings is 1. The Morgan fingerprint density at radius 2 is 1.26 bits per heavy atom. The summed E-state index contributed by atoms with van der Waals surface area (Å²) in [6, 6.07) is 36.5. The van der Waals surface area contributed by atoms with Gasteiger partial charge in [0.15, 0.2) is 17.2 Å². The molecular weight excluding hydrogens is 520 g/mol. The van der Waals surface area contributed by atoms with Crippen LogP contribution in [0.4, 0.5) is 0 Å². The molecule has 4 aromatic heterocycles. The van der Waals surface area contributed by atoms with Gasteiger partial charge < -0.3 is 4.42 Å². The van der Waals surface area contributed by atoms with Crippen molar-refractivity contribution in [2.75, 3.05) is 0 Å². The average molecular weight is 541 g/mol. The van der Waals surface area contributed by atoms with Crippen LogP contribution in [0.25, 0.3) is 83.4 Å². The first-order chi connectivity index (χ1) is 20.8. The molecule has 42 heavy (non-hydrogen) atoms. The normalized spacial score (nSPS) is 11.8. The summed E-state index contributed by atoms with van der Waals surface area (Å²) in [6.07, 6.45) is 3.45. The monoisotopic (exact) mass is 540 g/mol. The van der Waals surface area contributed by atoms with Crippen molar-refractivity contribution in [1.82, 2.24) is 29.5 Å². The third kappa shape index (κ3) is 3.31. The van der Waals surface area contributed by atoms with Crippen molar-refractivity contribution < 1.29 is 4.42 Å². The Bertz CT molecular complexity index is 2410. The van der Waals surface area contributed by atoms with Gasteiger partial charge in [-0.15, -0.1) is 0 Å². The van der Waals surface area contributed by atoms with Crippen LogP contribution in [0.2, 0.25) is 0 Å². The minimum atomic E-state index is 0.506. The van der Waals surface area contributed by atoms with Gasteiger partial charge in [0.05, 0.1) is 11.0 Å². The lowest BCUT2D eigenvalue weighted by Crippen LogP contribution is -2.06. The number of fused-ring (bicyclic) bond motifs is 9. The molecule has 0 atom stereocenters. The summed E-state index contributed by atoms with van der Waals surface area (Å²) in [5.41, 5.74) is 6.11. The first kappa shape index (κ1) is 22.8. The lowest BCUT2D eigenvalue weighted by Gasteiger charge is -2.11. The van der Waals surface area contributed by atoms with Crippen molar-refractivity contribution in [3.8, 4) is 28.7 Å². The maximum Gasteiger partial charge on any atom is 0.238 e. The van der Waals surface area contributed by atoms with Gasteiger partial charge in [-0.05, 0) is 24.3 Å². The fourth-order valence-corrected chi connectivity index (χ4v) is 5.94. The molecule has 0 saturated carbocycles. The molecule has 0 aliphatic heterocycles. The molecule has 9 aromatic rings. The van der Waals surface area contributed by atoms with E-state index in [9.17, 15) is 0 Å². The van der Waals surface area contributed by atoms with Gasteiger partial charge in [0.2, 0.25) is 5.95 Å². The number of aromatic nitrogens is 6. The topological polar surface area (TPSA) is 82.5 Å². The SMILES string of the molecule is c1ccc(-c2nc(-c3ccccc3)nc(-n3c4ccc5ncncc5c4c4ccc5c6ccccc6oc5c43)n2)cc1. The van der Waals surface area contributed by atoms with E-state index in [1.54, 1.807) is 6.33 Å². The highest BCUT2D eigenvalue weighted by Gasteiger charge is 2.23. The minimum absolute atomic E-state index is 0.506. The molecule has 0 amide bonds. The Hall–Kier alpha value is -5.95. The predicted octanol–water partition coefficient (Wildman–Crippen LogP) is 8.15. The third-order valence-electron chi connectivity index (χ3n) is 7.81. The summed E-state index contributed by atoms with van der Waals surface area (Å²) < 4.78 is 8.68. The van der Waals surface area contributed by atoms with Gasteiger partial charge in [0.1, 0.15) is 17.4 Å². The van der Waals surface area contributed by atoms with Crippen LogP contribution in [0, 0.1) is 0 Å². The van der Waals surface area contributed by atoms with Gasteiger partial charge >= 0.3 is 0 Å². The van der Waals surface area contributed by atoms with Crippen LogP contribution in [0.1, 0.15) is 0 Å². The van der Waals surface area contributed by atoms with E-state index < -0.39 is 0 Å². The van der Waals surface area contributed by atoms with Gasteiger partial charge in [0.25, 0.3) is 0 Å². The molecule has 7 heteroatoms. The Morgan fingerprint density at radius 3 is 2.02 bits per heavy atom. The summed E-state index contributed by atoms with van der Waals surface area (Å²) in [6.45, 7) is 0. The van der Waals surface area contributed by atoms with Crippen LogP contribution < -0.4 is 0 Å². The van der Waals surface area contributed by atoms with E-state index in [1.807, 2.05) is 91.1 Å². The predicted molar refractivity (Wildman–Crippen MR) is 165 cm³/mol. The Labute approximate surface area is 238 Å². The molecule has 0 fully saturated rings. The lowest BCUT2D eigenvalue weighted by molar-refractivity contribution is 0.670. The van der Waals surface area contributed by atoms with Gasteiger partial charge in [-0.3, -0.25) is 4.57 Å². The van der Waals surface area contributed by atoms with Gasteiger partial charge in [0, 0.05) is 44.3 Å². The minimum Gasteiger partial charge on any atom is -0.454 e. The van der Waals surface area contributed by atoms with Crippen molar-refractivity contribution >= 4 is 54.6 Å². The van der Waals surface area contributed by atoms with Crippen LogP contribution in [0.15, 0.2) is 126 Å². The van der Waals surface area contributed by atoms with Crippen molar-refractivity contribution in [3.05, 3.63) is 122 Å². The molecule has 0 aliphatic rings. The molecule has 7 nitrogen and oxygen atoms in total. The number of hydrogen-bond acceptors (Lipinski definition) is 6. The third-order valence-corrected chi connectivity index (χ3v) is 7.81. The fraction of sp³-hybridized carbons (Fsp3) is 0. The zero-order valence-corrected chi connectivity index (χ0v) is 22.1. The zero-order valence-electron chi connectivity index (χ0n) is 22.1. The van der Waals surface area contributed by atoms with Crippen molar-refractivity contribution in [3.63, 3.8) is 0 Å². The average Bonchev–Trinajstić information content (AvgIpc) is 3.61. The smallest absolute Gasteiger partial charge is 0.238 e. The first-order valence-corrected chi connectivity index (χ1v) is 13.7. The number of benzene rings is 5. The molecule has 0 spiro atoms. The summed E-state index contributed by atoms with van der Waals surface area (Å²) in [5.74, 6) is 1.69. The standard InChI is InChI=1S/C35H20N6O/c1-3-9-21(10-4-1)33-38-34(22-11-5-2-6-12-22)40-35(39-33)41-28-18-17-27-26(19-36-20-37-27)30(28)25-16-15-24-23-13-7-8-14-29(23)42-32(24)31(25)41/h1-20H. The zero-order chi connectivity index (χ0) is 27.6. The number of hydrogen-bond donors (Lipinski definition) is 0. The molecule has 196 valence electrons. The second-order valence-corrected chi connectivity index (χ2v) is 10.2. The Balaban J connectivity index is 1.48. The van der Waals surface area contributed by atoms with E-state index in [0.717, 1.165) is 65.8 Å². The molecule has 0 aliphatic carbocycles. The van der Waals surface area contributed by atoms with Gasteiger partial charge in [-0.25, -0.2) is 15.0 Å². The Morgan fingerprint density at radius 1 is 0.571 bits per heavy atom. The lowest BCUT2D eigenvalue weighted by atomic mass is 10.1. The van der Waals surface area contributed by atoms with Crippen LogP contribution in [-0.4, -0.2) is 29.5 Å². The fourth-order valence-electron chi connectivity index (χ4n) is 5.94. The van der Waals surface area contributed by atoms with Crippen LogP contribution in [-0.2, 0) is 0 Å². The van der Waals surface area contributed by atoms with Crippen molar-refractivity contribution in [1.29, 1.82) is 0 Å². The van der Waals surface area contributed by atoms with Gasteiger partial charge in [-0.2, -0.15) is 9.97 Å². The largest absolute Gasteiger partial charge is 0.454 e. The van der Waals surface area contributed by atoms with E-state index >= 15 is 0 Å². The van der Waals surface area contributed by atoms with Crippen molar-refractivity contribution in [2.24, 2.45) is 0 Å². The van der Waals surface area contributed by atoms with E-state index in [4.69, 9.17) is 19.4 Å². The summed E-state index contributed by atoms with van der Waals surface area (Å²) in [5, 5.41) is 5.08. The van der Waals surface area contributed by atoms with E-state index in [0.29, 0.717) is 17.6 Å². The molecule has 0 unspecified atom stereocenters. The quantitative estimate of drug-likeness (QED) is 0.225.